The van der Waals surface area contributed by atoms with E-state index in [4.69, 9.17) is 28.4 Å². The lowest BCUT2D eigenvalue weighted by molar-refractivity contribution is -0.129. The zero-order chi connectivity index (χ0) is 27.4. The van der Waals surface area contributed by atoms with Crippen molar-refractivity contribution in [2.24, 2.45) is 4.99 Å². The Morgan fingerprint density at radius 3 is 2.24 bits per heavy atom. The van der Waals surface area contributed by atoms with Gasteiger partial charge in [0, 0.05) is 15.6 Å². The molecular formula is C27H21Br2NO8. The lowest BCUT2D eigenvalue weighted by Gasteiger charge is -2.15. The van der Waals surface area contributed by atoms with Crippen LogP contribution in [0.2, 0.25) is 0 Å². The Bertz CT molecular complexity index is 1460. The maximum absolute atomic E-state index is 13.2. The molecule has 1 heterocycles. The molecule has 0 amide bonds. The van der Waals surface area contributed by atoms with E-state index in [9.17, 15) is 9.59 Å². The highest BCUT2D eigenvalue weighted by molar-refractivity contribution is 9.11. The smallest absolute Gasteiger partial charge is 0.363 e. The number of cyclic esters (lactones) is 1. The van der Waals surface area contributed by atoms with Gasteiger partial charge in [-0.05, 0) is 64.5 Å². The number of hydrogen-bond donors (Lipinski definition) is 0. The van der Waals surface area contributed by atoms with Crippen LogP contribution in [0.3, 0.4) is 0 Å². The summed E-state index contributed by atoms with van der Waals surface area (Å²) >= 11 is 6.86. The summed E-state index contributed by atoms with van der Waals surface area (Å²) in [5.41, 5.74) is 1.16. The summed E-state index contributed by atoms with van der Waals surface area (Å²) in [6.45, 7) is 0. The number of methoxy groups -OCH3 is 4. The topological polar surface area (TPSA) is 102 Å². The second-order valence-electron chi connectivity index (χ2n) is 7.68. The number of ether oxygens (including phenoxy) is 6. The molecule has 0 spiro atoms. The molecule has 4 rings (SSSR count). The first-order valence-electron chi connectivity index (χ1n) is 11.0. The van der Waals surface area contributed by atoms with Gasteiger partial charge in [0.05, 0.1) is 38.5 Å². The summed E-state index contributed by atoms with van der Waals surface area (Å²) in [5, 5.41) is 0. The van der Waals surface area contributed by atoms with Gasteiger partial charge in [-0.3, -0.25) is 0 Å². The maximum atomic E-state index is 13.2. The van der Waals surface area contributed by atoms with E-state index < -0.39 is 11.9 Å². The van der Waals surface area contributed by atoms with Crippen LogP contribution in [0, 0.1) is 0 Å². The van der Waals surface area contributed by atoms with Crippen molar-refractivity contribution in [3.8, 4) is 28.7 Å². The molecule has 0 radical (unpaired) electrons. The quantitative estimate of drug-likeness (QED) is 0.172. The number of nitrogens with zero attached hydrogens (tertiary/aromatic N) is 1. The van der Waals surface area contributed by atoms with Crippen LogP contribution in [-0.2, 0) is 9.53 Å². The van der Waals surface area contributed by atoms with Crippen molar-refractivity contribution in [2.75, 3.05) is 28.4 Å². The number of hydrogen-bond acceptors (Lipinski definition) is 9. The number of esters is 2. The van der Waals surface area contributed by atoms with E-state index in [-0.39, 0.29) is 22.9 Å². The Labute approximate surface area is 235 Å². The number of aliphatic imine (C=N–C) groups is 1. The zero-order valence-electron chi connectivity index (χ0n) is 20.7. The predicted octanol–water partition coefficient (Wildman–Crippen LogP) is 5.81. The fraction of sp³-hybridized carbons (Fsp3) is 0.148. The van der Waals surface area contributed by atoms with Crippen molar-refractivity contribution < 1.29 is 38.0 Å². The molecule has 9 nitrogen and oxygen atoms in total. The normalized spacial score (nSPS) is 13.6. The van der Waals surface area contributed by atoms with Gasteiger partial charge in [0.15, 0.2) is 22.9 Å². The Morgan fingerprint density at radius 1 is 0.895 bits per heavy atom. The minimum Gasteiger partial charge on any atom is -0.497 e. The van der Waals surface area contributed by atoms with Crippen LogP contribution in [0.25, 0.3) is 6.08 Å². The third-order valence-electron chi connectivity index (χ3n) is 5.36. The zero-order valence-corrected chi connectivity index (χ0v) is 23.8. The molecule has 0 N–H and O–H groups in total. The van der Waals surface area contributed by atoms with Gasteiger partial charge >= 0.3 is 11.9 Å². The summed E-state index contributed by atoms with van der Waals surface area (Å²) in [7, 11) is 5.90. The molecule has 3 aromatic carbocycles. The molecule has 0 fully saturated rings. The largest absolute Gasteiger partial charge is 0.497 e. The molecule has 0 saturated carbocycles. The molecule has 0 aliphatic carbocycles. The molecular weight excluding hydrogens is 626 g/mol. The summed E-state index contributed by atoms with van der Waals surface area (Å²) in [5.74, 6) is 0.472. The van der Waals surface area contributed by atoms with Crippen LogP contribution in [0.5, 0.6) is 28.7 Å². The van der Waals surface area contributed by atoms with Gasteiger partial charge in [-0.1, -0.05) is 22.0 Å². The molecule has 3 aromatic rings. The Hall–Kier alpha value is -3.83. The van der Waals surface area contributed by atoms with E-state index in [0.29, 0.717) is 43.1 Å². The highest BCUT2D eigenvalue weighted by Crippen LogP contribution is 2.40. The molecule has 0 bridgehead atoms. The summed E-state index contributed by atoms with van der Waals surface area (Å²) in [6, 6.07) is 13.3. The molecule has 0 unspecified atom stereocenters. The van der Waals surface area contributed by atoms with E-state index in [1.54, 1.807) is 43.5 Å². The predicted molar refractivity (Wildman–Crippen MR) is 146 cm³/mol. The first-order chi connectivity index (χ1) is 18.3. The van der Waals surface area contributed by atoms with Gasteiger partial charge in [-0.2, -0.15) is 0 Å². The monoisotopic (exact) mass is 645 g/mol. The van der Waals surface area contributed by atoms with E-state index >= 15 is 0 Å². The van der Waals surface area contributed by atoms with Crippen molar-refractivity contribution in [2.45, 2.75) is 0 Å². The molecule has 1 aliphatic rings. The van der Waals surface area contributed by atoms with Crippen molar-refractivity contribution in [3.05, 3.63) is 79.9 Å². The Morgan fingerprint density at radius 2 is 1.61 bits per heavy atom. The van der Waals surface area contributed by atoms with E-state index in [1.165, 1.54) is 39.5 Å². The highest BCUT2D eigenvalue weighted by Gasteiger charge is 2.26. The van der Waals surface area contributed by atoms with Crippen molar-refractivity contribution in [3.63, 3.8) is 0 Å². The lowest BCUT2D eigenvalue weighted by atomic mass is 10.1. The fourth-order valence-corrected chi connectivity index (χ4v) is 4.92. The average Bonchev–Trinajstić information content (AvgIpc) is 3.29. The molecule has 0 saturated heterocycles. The van der Waals surface area contributed by atoms with Gasteiger partial charge in [0.1, 0.15) is 5.75 Å². The molecule has 1 aliphatic heterocycles. The van der Waals surface area contributed by atoms with Crippen molar-refractivity contribution in [1.82, 2.24) is 0 Å². The van der Waals surface area contributed by atoms with Crippen LogP contribution in [0.4, 0.5) is 0 Å². The van der Waals surface area contributed by atoms with Crippen molar-refractivity contribution in [1.29, 1.82) is 0 Å². The van der Waals surface area contributed by atoms with Crippen LogP contribution in [-0.4, -0.2) is 46.3 Å². The van der Waals surface area contributed by atoms with Crippen LogP contribution < -0.4 is 23.7 Å². The maximum Gasteiger partial charge on any atom is 0.363 e. The molecule has 196 valence electrons. The van der Waals surface area contributed by atoms with Crippen LogP contribution in [0.15, 0.2) is 68.2 Å². The van der Waals surface area contributed by atoms with Gasteiger partial charge in [0.2, 0.25) is 11.6 Å². The van der Waals surface area contributed by atoms with Crippen LogP contribution >= 0.6 is 31.9 Å². The number of carbonyl (C=O) groups excluding carboxylic acids is 2. The number of rotatable bonds is 8. The van der Waals surface area contributed by atoms with Gasteiger partial charge in [-0.25, -0.2) is 14.6 Å². The number of halogens is 2. The first-order valence-corrected chi connectivity index (χ1v) is 12.5. The molecule has 0 aromatic heterocycles. The van der Waals surface area contributed by atoms with Crippen molar-refractivity contribution >= 4 is 55.8 Å². The van der Waals surface area contributed by atoms with Gasteiger partial charge < -0.3 is 28.4 Å². The third kappa shape index (κ3) is 5.68. The van der Waals surface area contributed by atoms with Gasteiger partial charge in [0.25, 0.3) is 0 Å². The van der Waals surface area contributed by atoms with Gasteiger partial charge in [-0.15, -0.1) is 0 Å². The fourth-order valence-electron chi connectivity index (χ4n) is 3.58. The lowest BCUT2D eigenvalue weighted by Crippen LogP contribution is -2.11. The first kappa shape index (κ1) is 27.2. The van der Waals surface area contributed by atoms with E-state index in [1.807, 2.05) is 0 Å². The third-order valence-corrected chi connectivity index (χ3v) is 6.41. The minimum atomic E-state index is -0.693. The summed E-state index contributed by atoms with van der Waals surface area (Å²) in [6.07, 6.45) is 1.48. The minimum absolute atomic E-state index is 0.0258. The number of carbonyl (C=O) groups is 2. The summed E-state index contributed by atoms with van der Waals surface area (Å²) in [4.78, 5) is 30.2. The summed E-state index contributed by atoms with van der Waals surface area (Å²) < 4.78 is 33.5. The molecule has 38 heavy (non-hydrogen) atoms. The Kier molecular flexibility index (Phi) is 8.38. The molecule has 0 atom stereocenters. The van der Waals surface area contributed by atoms with Crippen LogP contribution in [0.1, 0.15) is 21.5 Å². The van der Waals surface area contributed by atoms with E-state index in [0.717, 1.165) is 0 Å². The standard InChI is InChI=1S/C27H21Br2NO8/c1-33-18-7-5-6-14(9-18)25-30-20(27(32)38-25)10-15-8-17(28)13-19(29)23(15)37-26(31)16-11-21(34-2)24(36-4)22(12-16)35-3/h5-13H,1-4H3/b20-10-. The second kappa shape index (κ2) is 11.7. The number of benzene rings is 3. The van der Waals surface area contributed by atoms with E-state index in [2.05, 4.69) is 36.9 Å². The SMILES string of the molecule is COc1cccc(C2=N/C(=C\c3cc(Br)cc(Br)c3OC(=O)c3cc(OC)c(OC)c(OC)c3)C(=O)O2)c1. The second-order valence-corrected chi connectivity index (χ2v) is 9.45. The molecule has 11 heteroatoms. The average molecular weight is 647 g/mol. The Balaban J connectivity index is 1.71. The highest BCUT2D eigenvalue weighted by atomic mass is 79.9.